The maximum Gasteiger partial charge on any atom is 0.371 e. The molecule has 1 atom stereocenters. The van der Waals surface area contributed by atoms with Crippen molar-refractivity contribution in [2.45, 2.75) is 40.0 Å². The van der Waals surface area contributed by atoms with Crippen LogP contribution in [0.1, 0.15) is 43.0 Å². The molecule has 96 valence electrons. The molecular formula is C12H20O4Si. The lowest BCUT2D eigenvalue weighted by Gasteiger charge is -2.31. The van der Waals surface area contributed by atoms with Gasteiger partial charge in [-0.25, -0.2) is 4.79 Å². The molecule has 0 saturated carbocycles. The van der Waals surface area contributed by atoms with E-state index in [2.05, 4.69) is 33.9 Å². The van der Waals surface area contributed by atoms with E-state index >= 15 is 0 Å². The number of carboxylic acid groups (broad SMARTS) is 1. The molecule has 0 aromatic carbocycles. The highest BCUT2D eigenvalue weighted by Gasteiger charge is 2.29. The molecule has 0 radical (unpaired) electrons. The third-order valence-corrected chi connectivity index (χ3v) is 3.14. The van der Waals surface area contributed by atoms with Crippen LogP contribution in [0.3, 0.4) is 0 Å². The molecule has 0 amide bonds. The zero-order chi connectivity index (χ0) is 13.2. The average molecular weight is 256 g/mol. The minimum Gasteiger partial charge on any atom is -0.475 e. The van der Waals surface area contributed by atoms with E-state index in [1.807, 2.05) is 0 Å². The Hall–Kier alpha value is -1.07. The molecule has 1 heterocycles. The minimum absolute atomic E-state index is 0.0386. The van der Waals surface area contributed by atoms with Gasteiger partial charge < -0.3 is 13.9 Å². The van der Waals surface area contributed by atoms with Crippen molar-refractivity contribution in [2.75, 3.05) is 0 Å². The van der Waals surface area contributed by atoms with Crippen molar-refractivity contribution in [2.24, 2.45) is 5.41 Å². The summed E-state index contributed by atoms with van der Waals surface area (Å²) in [5.74, 6) is -1.09. The molecule has 0 aliphatic rings. The summed E-state index contributed by atoms with van der Waals surface area (Å²) in [5, 5.41) is 8.84. The maximum atomic E-state index is 10.8. The fourth-order valence-corrected chi connectivity index (χ4v) is 2.77. The van der Waals surface area contributed by atoms with Gasteiger partial charge >= 0.3 is 5.97 Å². The molecule has 0 fully saturated rings. The lowest BCUT2D eigenvalue weighted by molar-refractivity contribution is 0.0662. The molecule has 0 spiro atoms. The Balaban J connectivity index is 3.00. The summed E-state index contributed by atoms with van der Waals surface area (Å²) in [6.07, 6.45) is 1.36. The predicted molar refractivity (Wildman–Crippen MR) is 67.8 cm³/mol. The molecule has 5 heteroatoms. The molecule has 17 heavy (non-hydrogen) atoms. The van der Waals surface area contributed by atoms with E-state index in [1.165, 1.54) is 6.26 Å². The Labute approximate surface area is 103 Å². The summed E-state index contributed by atoms with van der Waals surface area (Å²) in [7, 11) is -1.20. The number of rotatable bonds is 4. The number of carbonyl (C=O) groups is 1. The Morgan fingerprint density at radius 2 is 2.06 bits per heavy atom. The second kappa shape index (κ2) is 5.06. The van der Waals surface area contributed by atoms with Crippen LogP contribution in [-0.2, 0) is 4.43 Å². The molecule has 1 unspecified atom stereocenters. The van der Waals surface area contributed by atoms with Crippen LogP contribution in [0, 0.1) is 5.41 Å². The summed E-state index contributed by atoms with van der Waals surface area (Å²) in [4.78, 5) is 10.8. The van der Waals surface area contributed by atoms with Crippen molar-refractivity contribution in [1.29, 1.82) is 0 Å². The third kappa shape index (κ3) is 3.71. The van der Waals surface area contributed by atoms with E-state index < -0.39 is 15.0 Å². The summed E-state index contributed by atoms with van der Waals surface area (Å²) < 4.78 is 11.0. The van der Waals surface area contributed by atoms with E-state index in [0.717, 1.165) is 5.56 Å². The van der Waals surface area contributed by atoms with Crippen molar-refractivity contribution in [3.63, 3.8) is 0 Å². The number of hydrogen-bond donors (Lipinski definition) is 1. The average Bonchev–Trinajstić information content (AvgIpc) is 2.60. The Kier molecular flexibility index (Phi) is 4.16. The summed E-state index contributed by atoms with van der Waals surface area (Å²) >= 11 is 0. The standard InChI is InChI=1S/C12H20O4Si/c1-12(2,3)10(16-17(4)5)8-6-9(11(13)14)15-7-8/h6-7,10,17H,1-5H3,(H,13,14). The van der Waals surface area contributed by atoms with E-state index in [0.29, 0.717) is 0 Å². The van der Waals surface area contributed by atoms with E-state index in [1.54, 1.807) is 6.07 Å². The molecule has 0 aliphatic carbocycles. The van der Waals surface area contributed by atoms with Gasteiger partial charge in [-0.1, -0.05) is 20.8 Å². The van der Waals surface area contributed by atoms with Crippen molar-refractivity contribution in [3.8, 4) is 0 Å². The molecule has 1 rings (SSSR count). The number of carboxylic acids is 1. The first-order chi connectivity index (χ1) is 7.71. The van der Waals surface area contributed by atoms with E-state index in [-0.39, 0.29) is 17.3 Å². The molecule has 0 aliphatic heterocycles. The van der Waals surface area contributed by atoms with Crippen LogP contribution < -0.4 is 0 Å². The molecule has 4 nitrogen and oxygen atoms in total. The highest BCUT2D eigenvalue weighted by atomic mass is 28.3. The van der Waals surface area contributed by atoms with Crippen molar-refractivity contribution < 1.29 is 18.7 Å². The number of hydrogen-bond acceptors (Lipinski definition) is 3. The second-order valence-corrected chi connectivity index (χ2v) is 7.85. The Morgan fingerprint density at radius 1 is 1.47 bits per heavy atom. The molecule has 1 N–H and O–H groups in total. The van der Waals surface area contributed by atoms with Crippen LogP contribution >= 0.6 is 0 Å². The van der Waals surface area contributed by atoms with Gasteiger partial charge in [0.1, 0.15) is 0 Å². The van der Waals surface area contributed by atoms with Crippen molar-refractivity contribution in [3.05, 3.63) is 23.7 Å². The van der Waals surface area contributed by atoms with Gasteiger partial charge in [-0.15, -0.1) is 0 Å². The van der Waals surface area contributed by atoms with Crippen LogP contribution in [0.2, 0.25) is 13.1 Å². The van der Waals surface area contributed by atoms with Gasteiger partial charge in [-0.2, -0.15) is 0 Å². The fourth-order valence-electron chi connectivity index (χ4n) is 1.66. The van der Waals surface area contributed by atoms with E-state index in [9.17, 15) is 4.79 Å². The minimum atomic E-state index is -1.20. The van der Waals surface area contributed by atoms with Gasteiger partial charge in [0.25, 0.3) is 0 Å². The zero-order valence-electron chi connectivity index (χ0n) is 11.0. The van der Waals surface area contributed by atoms with Gasteiger partial charge in [0, 0.05) is 5.56 Å². The number of aromatic carboxylic acids is 1. The second-order valence-electron chi connectivity index (χ2n) is 5.48. The molecule has 1 aromatic rings. The summed E-state index contributed by atoms with van der Waals surface area (Å²) in [6, 6.07) is 1.55. The SMILES string of the molecule is C[SiH](C)OC(c1coc(C(=O)O)c1)C(C)(C)C. The molecular weight excluding hydrogens is 236 g/mol. The first-order valence-corrected chi connectivity index (χ1v) is 8.47. The molecule has 0 bridgehead atoms. The van der Waals surface area contributed by atoms with Gasteiger partial charge in [0.15, 0.2) is 9.04 Å². The Bertz CT molecular complexity index is 389. The monoisotopic (exact) mass is 256 g/mol. The smallest absolute Gasteiger partial charge is 0.371 e. The van der Waals surface area contributed by atoms with Crippen LogP contribution in [0.25, 0.3) is 0 Å². The predicted octanol–water partition coefficient (Wildman–Crippen LogP) is 3.07. The van der Waals surface area contributed by atoms with Crippen LogP contribution in [0.15, 0.2) is 16.7 Å². The molecule has 0 saturated heterocycles. The quantitative estimate of drug-likeness (QED) is 0.841. The first-order valence-electron chi connectivity index (χ1n) is 5.69. The third-order valence-electron chi connectivity index (χ3n) is 2.33. The van der Waals surface area contributed by atoms with Crippen molar-refractivity contribution in [1.82, 2.24) is 0 Å². The van der Waals surface area contributed by atoms with Gasteiger partial charge in [-0.3, -0.25) is 0 Å². The summed E-state index contributed by atoms with van der Waals surface area (Å²) in [6.45, 7) is 10.4. The van der Waals surface area contributed by atoms with Crippen LogP contribution in [0.4, 0.5) is 0 Å². The molecule has 1 aromatic heterocycles. The lowest BCUT2D eigenvalue weighted by Crippen LogP contribution is -2.25. The highest BCUT2D eigenvalue weighted by Crippen LogP contribution is 2.37. The van der Waals surface area contributed by atoms with Crippen molar-refractivity contribution >= 4 is 15.0 Å². The van der Waals surface area contributed by atoms with Gasteiger partial charge in [-0.05, 0) is 24.6 Å². The normalized spacial score (nSPS) is 14.0. The summed E-state index contributed by atoms with van der Waals surface area (Å²) in [5.41, 5.74) is 0.716. The lowest BCUT2D eigenvalue weighted by atomic mass is 9.86. The Morgan fingerprint density at radius 3 is 2.41 bits per heavy atom. The first kappa shape index (κ1) is 14.0. The number of furan rings is 1. The van der Waals surface area contributed by atoms with Crippen LogP contribution in [0.5, 0.6) is 0 Å². The van der Waals surface area contributed by atoms with Crippen LogP contribution in [-0.4, -0.2) is 20.1 Å². The highest BCUT2D eigenvalue weighted by molar-refractivity contribution is 6.48. The van der Waals surface area contributed by atoms with E-state index in [4.69, 9.17) is 13.9 Å². The fraction of sp³-hybridized carbons (Fsp3) is 0.583. The van der Waals surface area contributed by atoms with Gasteiger partial charge in [0.2, 0.25) is 5.76 Å². The largest absolute Gasteiger partial charge is 0.475 e. The topological polar surface area (TPSA) is 59.7 Å². The van der Waals surface area contributed by atoms with Gasteiger partial charge in [0.05, 0.1) is 12.4 Å². The maximum absolute atomic E-state index is 10.8. The zero-order valence-corrected chi connectivity index (χ0v) is 12.1.